The standard InChI is InChI=1S/C14H17F3N2O/c1-9-7-18-8-10(2)19(9)13(20)11-4-3-5-12(6-11)14(15,16)17/h3-6,9-10,18H,7-8H2,1-2H3. The lowest BCUT2D eigenvalue weighted by atomic mass is 10.0. The van der Waals surface area contributed by atoms with Gasteiger partial charge in [-0.2, -0.15) is 13.2 Å². The molecule has 1 aromatic rings. The topological polar surface area (TPSA) is 32.3 Å². The molecule has 1 fully saturated rings. The molecular formula is C14H17F3N2O. The number of hydrogen-bond donors (Lipinski definition) is 1. The average Bonchev–Trinajstić information content (AvgIpc) is 2.37. The molecule has 6 heteroatoms. The summed E-state index contributed by atoms with van der Waals surface area (Å²) in [5, 5.41) is 3.18. The first kappa shape index (κ1) is 14.8. The average molecular weight is 286 g/mol. The highest BCUT2D eigenvalue weighted by atomic mass is 19.4. The zero-order chi connectivity index (χ0) is 14.9. The quantitative estimate of drug-likeness (QED) is 0.860. The number of amides is 1. The van der Waals surface area contributed by atoms with Gasteiger partial charge in [0.1, 0.15) is 0 Å². The predicted molar refractivity (Wildman–Crippen MR) is 69.4 cm³/mol. The van der Waals surface area contributed by atoms with E-state index < -0.39 is 11.7 Å². The van der Waals surface area contributed by atoms with E-state index in [9.17, 15) is 18.0 Å². The normalized spacial score (nSPS) is 23.8. The number of carbonyl (C=O) groups excluding carboxylic acids is 1. The SMILES string of the molecule is CC1CNCC(C)N1C(=O)c1cccc(C(F)(F)F)c1. The third-order valence-electron chi connectivity index (χ3n) is 3.50. The molecule has 1 heterocycles. The molecule has 1 N–H and O–H groups in total. The van der Waals surface area contributed by atoms with Crippen molar-refractivity contribution in [2.45, 2.75) is 32.1 Å². The minimum atomic E-state index is -4.43. The molecule has 20 heavy (non-hydrogen) atoms. The Kier molecular flexibility index (Phi) is 4.04. The summed E-state index contributed by atoms with van der Waals surface area (Å²) in [6, 6.07) is 4.51. The summed E-state index contributed by atoms with van der Waals surface area (Å²) < 4.78 is 38.1. The van der Waals surface area contributed by atoms with Crippen molar-refractivity contribution in [3.05, 3.63) is 35.4 Å². The fourth-order valence-electron chi connectivity index (χ4n) is 2.51. The van der Waals surface area contributed by atoms with Crippen molar-refractivity contribution in [2.75, 3.05) is 13.1 Å². The van der Waals surface area contributed by atoms with Crippen LogP contribution in [0.25, 0.3) is 0 Å². The number of nitrogens with zero attached hydrogens (tertiary/aromatic N) is 1. The number of hydrogen-bond acceptors (Lipinski definition) is 2. The van der Waals surface area contributed by atoms with Gasteiger partial charge < -0.3 is 10.2 Å². The number of benzene rings is 1. The van der Waals surface area contributed by atoms with Gasteiger partial charge in [-0.1, -0.05) is 6.07 Å². The molecule has 0 aliphatic carbocycles. The van der Waals surface area contributed by atoms with Gasteiger partial charge in [-0.05, 0) is 32.0 Å². The van der Waals surface area contributed by atoms with E-state index in [1.54, 1.807) is 4.90 Å². The molecule has 2 unspecified atom stereocenters. The Morgan fingerprint density at radius 3 is 2.40 bits per heavy atom. The third-order valence-corrected chi connectivity index (χ3v) is 3.50. The van der Waals surface area contributed by atoms with E-state index in [2.05, 4.69) is 5.32 Å². The van der Waals surface area contributed by atoms with Crippen molar-refractivity contribution >= 4 is 5.91 Å². The predicted octanol–water partition coefficient (Wildman–Crippen LogP) is 2.53. The van der Waals surface area contributed by atoms with Crippen molar-refractivity contribution < 1.29 is 18.0 Å². The van der Waals surface area contributed by atoms with Gasteiger partial charge in [-0.25, -0.2) is 0 Å². The van der Waals surface area contributed by atoms with Gasteiger partial charge in [0.05, 0.1) is 5.56 Å². The van der Waals surface area contributed by atoms with Crippen LogP contribution in [-0.2, 0) is 6.18 Å². The molecular weight excluding hydrogens is 269 g/mol. The lowest BCUT2D eigenvalue weighted by molar-refractivity contribution is -0.137. The molecule has 0 saturated carbocycles. The summed E-state index contributed by atoms with van der Waals surface area (Å²) in [4.78, 5) is 14.1. The highest BCUT2D eigenvalue weighted by molar-refractivity contribution is 5.95. The molecule has 3 nitrogen and oxygen atoms in total. The Labute approximate surface area is 115 Å². The highest BCUT2D eigenvalue weighted by Crippen LogP contribution is 2.30. The number of piperazine rings is 1. The maximum Gasteiger partial charge on any atom is 0.416 e. The molecule has 1 aromatic carbocycles. The number of alkyl halides is 3. The fourth-order valence-corrected chi connectivity index (χ4v) is 2.51. The maximum absolute atomic E-state index is 12.7. The summed E-state index contributed by atoms with van der Waals surface area (Å²) in [6.45, 7) is 5.06. The zero-order valence-electron chi connectivity index (χ0n) is 11.4. The van der Waals surface area contributed by atoms with Gasteiger partial charge in [0.25, 0.3) is 5.91 Å². The van der Waals surface area contributed by atoms with Gasteiger partial charge in [0, 0.05) is 30.7 Å². The van der Waals surface area contributed by atoms with E-state index >= 15 is 0 Å². The Morgan fingerprint density at radius 2 is 1.85 bits per heavy atom. The molecule has 1 aliphatic heterocycles. The number of nitrogens with one attached hydrogen (secondary N) is 1. The third kappa shape index (κ3) is 2.95. The van der Waals surface area contributed by atoms with Crippen LogP contribution in [0, 0.1) is 0 Å². The first-order chi connectivity index (χ1) is 9.30. The molecule has 0 bridgehead atoms. The molecule has 0 aromatic heterocycles. The minimum absolute atomic E-state index is 0.0409. The van der Waals surface area contributed by atoms with E-state index in [1.807, 2.05) is 13.8 Å². The minimum Gasteiger partial charge on any atom is -0.331 e. The van der Waals surface area contributed by atoms with Crippen LogP contribution in [0.1, 0.15) is 29.8 Å². The van der Waals surface area contributed by atoms with Gasteiger partial charge in [0.2, 0.25) is 0 Å². The number of rotatable bonds is 1. The van der Waals surface area contributed by atoms with Crippen LogP contribution in [0.4, 0.5) is 13.2 Å². The fraction of sp³-hybridized carbons (Fsp3) is 0.500. The Hall–Kier alpha value is -1.56. The van der Waals surface area contributed by atoms with Crippen molar-refractivity contribution in [2.24, 2.45) is 0 Å². The smallest absolute Gasteiger partial charge is 0.331 e. The molecule has 0 radical (unpaired) electrons. The van der Waals surface area contributed by atoms with Crippen LogP contribution in [0.3, 0.4) is 0 Å². The summed E-state index contributed by atoms with van der Waals surface area (Å²) in [5.74, 6) is -0.349. The number of halogens is 3. The van der Waals surface area contributed by atoms with E-state index in [0.29, 0.717) is 13.1 Å². The zero-order valence-corrected chi connectivity index (χ0v) is 11.4. The molecule has 110 valence electrons. The van der Waals surface area contributed by atoms with E-state index in [0.717, 1.165) is 12.1 Å². The maximum atomic E-state index is 12.7. The van der Waals surface area contributed by atoms with Gasteiger partial charge in [0.15, 0.2) is 0 Å². The van der Waals surface area contributed by atoms with Crippen LogP contribution in [0.15, 0.2) is 24.3 Å². The summed E-state index contributed by atoms with van der Waals surface area (Å²) >= 11 is 0. The van der Waals surface area contributed by atoms with E-state index in [-0.39, 0.29) is 23.6 Å². The first-order valence-electron chi connectivity index (χ1n) is 6.51. The monoisotopic (exact) mass is 286 g/mol. The highest BCUT2D eigenvalue weighted by Gasteiger charge is 2.33. The summed E-state index contributed by atoms with van der Waals surface area (Å²) in [7, 11) is 0. The van der Waals surface area contributed by atoms with Crippen LogP contribution in [0.5, 0.6) is 0 Å². The Bertz CT molecular complexity index is 491. The van der Waals surface area contributed by atoms with Crippen LogP contribution in [-0.4, -0.2) is 36.0 Å². The van der Waals surface area contributed by atoms with Crippen molar-refractivity contribution in [3.63, 3.8) is 0 Å². The second-order valence-corrected chi connectivity index (χ2v) is 5.15. The Balaban J connectivity index is 2.29. The summed E-state index contributed by atoms with van der Waals surface area (Å²) in [5.41, 5.74) is -0.709. The van der Waals surface area contributed by atoms with Crippen LogP contribution < -0.4 is 5.32 Å². The lowest BCUT2D eigenvalue weighted by Gasteiger charge is -2.39. The molecule has 1 aliphatic rings. The molecule has 1 saturated heterocycles. The van der Waals surface area contributed by atoms with Crippen molar-refractivity contribution in [1.29, 1.82) is 0 Å². The Morgan fingerprint density at radius 1 is 1.25 bits per heavy atom. The van der Waals surface area contributed by atoms with Crippen LogP contribution in [0.2, 0.25) is 0 Å². The second kappa shape index (κ2) is 5.44. The van der Waals surface area contributed by atoms with Gasteiger partial charge in [-0.15, -0.1) is 0 Å². The molecule has 1 amide bonds. The number of carbonyl (C=O) groups is 1. The van der Waals surface area contributed by atoms with Crippen molar-refractivity contribution in [1.82, 2.24) is 10.2 Å². The van der Waals surface area contributed by atoms with E-state index in [4.69, 9.17) is 0 Å². The molecule has 2 atom stereocenters. The van der Waals surface area contributed by atoms with Gasteiger partial charge >= 0.3 is 6.18 Å². The second-order valence-electron chi connectivity index (χ2n) is 5.15. The molecule has 0 spiro atoms. The van der Waals surface area contributed by atoms with Gasteiger partial charge in [-0.3, -0.25) is 4.79 Å². The largest absolute Gasteiger partial charge is 0.416 e. The summed E-state index contributed by atoms with van der Waals surface area (Å²) in [6.07, 6.45) is -4.43. The van der Waals surface area contributed by atoms with Crippen LogP contribution >= 0.6 is 0 Å². The lowest BCUT2D eigenvalue weighted by Crippen LogP contribution is -2.57. The first-order valence-corrected chi connectivity index (χ1v) is 6.51. The molecule has 2 rings (SSSR count). The van der Waals surface area contributed by atoms with E-state index in [1.165, 1.54) is 12.1 Å². The van der Waals surface area contributed by atoms with Crippen molar-refractivity contribution in [3.8, 4) is 0 Å².